The lowest BCUT2D eigenvalue weighted by Crippen LogP contribution is -2.24. The van der Waals surface area contributed by atoms with Crippen LogP contribution in [-0.4, -0.2) is 37.0 Å². The zero-order valence-corrected chi connectivity index (χ0v) is 14.7. The van der Waals surface area contributed by atoms with E-state index in [1.807, 2.05) is 0 Å². The lowest BCUT2D eigenvalue weighted by Gasteiger charge is -2.11. The Balaban J connectivity index is 1.86. The molecule has 0 saturated carbocycles. The third-order valence-corrected chi connectivity index (χ3v) is 5.02. The molecule has 1 aromatic carbocycles. The van der Waals surface area contributed by atoms with E-state index in [1.165, 1.54) is 29.8 Å². The van der Waals surface area contributed by atoms with Crippen LogP contribution in [0.25, 0.3) is 11.1 Å². The molecule has 0 bridgehead atoms. The molecule has 0 spiro atoms. The topological polar surface area (TPSA) is 110 Å². The van der Waals surface area contributed by atoms with Gasteiger partial charge >= 0.3 is 5.76 Å². The first-order chi connectivity index (χ1) is 11.8. The van der Waals surface area contributed by atoms with Crippen LogP contribution in [0.1, 0.15) is 5.69 Å². The Kier molecular flexibility index (Phi) is 4.31. The maximum atomic E-state index is 12.5. The number of aromatic nitrogens is 3. The summed E-state index contributed by atoms with van der Waals surface area (Å²) < 4.78 is 33.8. The average molecular weight is 363 g/mol. The molecule has 0 amide bonds. The van der Waals surface area contributed by atoms with Gasteiger partial charge in [-0.05, 0) is 24.3 Å². The molecular weight excluding hydrogens is 346 g/mol. The molecule has 9 nitrogen and oxygen atoms in total. The van der Waals surface area contributed by atoms with Crippen LogP contribution >= 0.6 is 0 Å². The fourth-order valence-corrected chi connectivity index (χ4v) is 3.24. The number of oxazole rings is 1. The first-order valence-corrected chi connectivity index (χ1v) is 8.85. The van der Waals surface area contributed by atoms with Gasteiger partial charge in [-0.1, -0.05) is 0 Å². The Labute approximate surface area is 144 Å². The van der Waals surface area contributed by atoms with Crippen LogP contribution in [0.3, 0.4) is 0 Å². The number of aryl methyl sites for hydroxylation is 1. The van der Waals surface area contributed by atoms with Gasteiger partial charge in [0, 0.05) is 27.3 Å². The summed E-state index contributed by atoms with van der Waals surface area (Å²) in [7, 11) is 1.34. The molecule has 10 heteroatoms. The molecule has 3 rings (SSSR count). The summed E-state index contributed by atoms with van der Waals surface area (Å²) in [6.07, 6.45) is 1.57. The molecular formula is C15H17N5O4S. The number of nitrogens with zero attached hydrogens (tertiary/aromatic N) is 4. The van der Waals surface area contributed by atoms with Crippen molar-refractivity contribution in [2.24, 2.45) is 7.05 Å². The second-order valence-corrected chi connectivity index (χ2v) is 7.39. The summed E-state index contributed by atoms with van der Waals surface area (Å²) in [5, 5.41) is 0. The number of rotatable bonds is 5. The summed E-state index contributed by atoms with van der Waals surface area (Å²) in [5.74, 6) is -0.0544. The third kappa shape index (κ3) is 3.39. The second kappa shape index (κ2) is 6.30. The van der Waals surface area contributed by atoms with Gasteiger partial charge in [0.25, 0.3) is 0 Å². The highest BCUT2D eigenvalue weighted by Crippen LogP contribution is 2.18. The van der Waals surface area contributed by atoms with Crippen LogP contribution in [0.2, 0.25) is 0 Å². The maximum Gasteiger partial charge on any atom is 0.419 e. The maximum absolute atomic E-state index is 12.5. The Bertz CT molecular complexity index is 1080. The van der Waals surface area contributed by atoms with Crippen molar-refractivity contribution in [3.63, 3.8) is 0 Å². The Morgan fingerprint density at radius 3 is 2.76 bits per heavy atom. The van der Waals surface area contributed by atoms with E-state index in [9.17, 15) is 13.2 Å². The predicted octanol–water partition coefficient (Wildman–Crippen LogP) is 0.466. The summed E-state index contributed by atoms with van der Waals surface area (Å²) in [4.78, 5) is 21.6. The molecule has 1 N–H and O–H groups in total. The van der Waals surface area contributed by atoms with Gasteiger partial charge in [0.2, 0.25) is 16.0 Å². The van der Waals surface area contributed by atoms with Crippen molar-refractivity contribution in [2.75, 3.05) is 19.0 Å². The van der Waals surface area contributed by atoms with Crippen LogP contribution in [0.4, 0.5) is 5.95 Å². The molecule has 3 aromatic rings. The number of nitrogens with one attached hydrogen (secondary N) is 1. The molecule has 0 aliphatic rings. The predicted molar refractivity (Wildman–Crippen MR) is 91.8 cm³/mol. The van der Waals surface area contributed by atoms with Gasteiger partial charge in [0.05, 0.1) is 22.7 Å². The third-order valence-electron chi connectivity index (χ3n) is 3.62. The zero-order chi connectivity index (χ0) is 18.2. The van der Waals surface area contributed by atoms with Crippen LogP contribution < -0.4 is 15.4 Å². The Hall–Kier alpha value is -2.72. The van der Waals surface area contributed by atoms with Crippen LogP contribution in [0.15, 0.2) is 44.6 Å². The number of anilines is 1. The van der Waals surface area contributed by atoms with E-state index in [1.54, 1.807) is 31.3 Å². The van der Waals surface area contributed by atoms with E-state index in [0.717, 1.165) is 0 Å². The molecule has 0 saturated heterocycles. The zero-order valence-electron chi connectivity index (χ0n) is 13.9. The molecule has 0 radical (unpaired) electrons. The molecule has 0 unspecified atom stereocenters. The second-order valence-electron chi connectivity index (χ2n) is 5.62. The minimum Gasteiger partial charge on any atom is -0.408 e. The summed E-state index contributed by atoms with van der Waals surface area (Å²) in [6.45, 7) is 0.0219. The SMILES string of the molecule is CN(C)c1nccc(CNS(=O)(=O)c2ccc3oc(=O)n(C)c3c2)n1. The van der Waals surface area contributed by atoms with E-state index in [2.05, 4.69) is 14.7 Å². The molecule has 132 valence electrons. The Morgan fingerprint density at radius 1 is 1.28 bits per heavy atom. The fourth-order valence-electron chi connectivity index (χ4n) is 2.22. The van der Waals surface area contributed by atoms with Gasteiger partial charge in [-0.25, -0.2) is 27.9 Å². The number of hydrogen-bond acceptors (Lipinski definition) is 7. The van der Waals surface area contributed by atoms with Gasteiger partial charge < -0.3 is 9.32 Å². The van der Waals surface area contributed by atoms with Crippen LogP contribution in [0.5, 0.6) is 0 Å². The smallest absolute Gasteiger partial charge is 0.408 e. The summed E-state index contributed by atoms with van der Waals surface area (Å²) in [6, 6.07) is 5.88. The molecule has 2 aromatic heterocycles. The normalized spacial score (nSPS) is 11.8. The lowest BCUT2D eigenvalue weighted by atomic mass is 10.3. The van der Waals surface area contributed by atoms with Crippen molar-refractivity contribution in [2.45, 2.75) is 11.4 Å². The highest BCUT2D eigenvalue weighted by molar-refractivity contribution is 7.89. The van der Waals surface area contributed by atoms with Gasteiger partial charge in [-0.15, -0.1) is 0 Å². The van der Waals surface area contributed by atoms with Crippen molar-refractivity contribution >= 4 is 27.1 Å². The van der Waals surface area contributed by atoms with Gasteiger partial charge in [-0.3, -0.25) is 4.57 Å². The fraction of sp³-hybridized carbons (Fsp3) is 0.267. The van der Waals surface area contributed by atoms with Gasteiger partial charge in [0.1, 0.15) is 0 Å². The quantitative estimate of drug-likeness (QED) is 0.701. The molecule has 0 fully saturated rings. The highest BCUT2D eigenvalue weighted by atomic mass is 32.2. The number of hydrogen-bond donors (Lipinski definition) is 1. The Morgan fingerprint density at radius 2 is 2.04 bits per heavy atom. The van der Waals surface area contributed by atoms with Crippen molar-refractivity contribution in [1.82, 2.24) is 19.3 Å². The molecule has 0 aliphatic heterocycles. The minimum absolute atomic E-state index is 0.0219. The van der Waals surface area contributed by atoms with Crippen molar-refractivity contribution in [3.8, 4) is 0 Å². The largest absolute Gasteiger partial charge is 0.419 e. The highest BCUT2D eigenvalue weighted by Gasteiger charge is 2.17. The van der Waals surface area contributed by atoms with E-state index < -0.39 is 15.8 Å². The standard InChI is InChI=1S/C15H17N5O4S/c1-19(2)14-16-7-6-10(18-14)9-17-25(22,23)11-4-5-13-12(8-11)20(3)15(21)24-13/h4-8,17H,9H2,1-3H3. The molecule has 2 heterocycles. The van der Waals surface area contributed by atoms with Crippen molar-refractivity contribution < 1.29 is 12.8 Å². The van der Waals surface area contributed by atoms with E-state index in [-0.39, 0.29) is 11.4 Å². The lowest BCUT2D eigenvalue weighted by molar-refractivity contribution is 0.528. The molecule has 0 atom stereocenters. The van der Waals surface area contributed by atoms with Crippen LogP contribution in [-0.2, 0) is 23.6 Å². The molecule has 25 heavy (non-hydrogen) atoms. The summed E-state index contributed by atoms with van der Waals surface area (Å²) in [5.41, 5.74) is 1.28. The van der Waals surface area contributed by atoms with Crippen molar-refractivity contribution in [1.29, 1.82) is 0 Å². The van der Waals surface area contributed by atoms with Crippen molar-refractivity contribution in [3.05, 3.63) is 46.7 Å². The summed E-state index contributed by atoms with van der Waals surface area (Å²) >= 11 is 0. The van der Waals surface area contributed by atoms with E-state index >= 15 is 0 Å². The first-order valence-electron chi connectivity index (χ1n) is 7.36. The van der Waals surface area contributed by atoms with Crippen LogP contribution in [0, 0.1) is 0 Å². The molecule has 0 aliphatic carbocycles. The monoisotopic (exact) mass is 363 g/mol. The number of benzene rings is 1. The number of fused-ring (bicyclic) bond motifs is 1. The average Bonchev–Trinajstić information content (AvgIpc) is 2.87. The number of sulfonamides is 1. The van der Waals surface area contributed by atoms with E-state index in [0.29, 0.717) is 22.7 Å². The first kappa shape index (κ1) is 17.1. The van der Waals surface area contributed by atoms with Gasteiger partial charge in [0.15, 0.2) is 5.58 Å². The van der Waals surface area contributed by atoms with E-state index in [4.69, 9.17) is 4.42 Å². The van der Waals surface area contributed by atoms with Gasteiger partial charge in [-0.2, -0.15) is 0 Å². The minimum atomic E-state index is -3.77.